The highest BCUT2D eigenvalue weighted by atomic mass is 16.5. The third-order valence-electron chi connectivity index (χ3n) is 4.57. The van der Waals surface area contributed by atoms with E-state index in [2.05, 4.69) is 24.1 Å². The second-order valence-electron chi connectivity index (χ2n) is 5.66. The number of para-hydroxylation sites is 1. The summed E-state index contributed by atoms with van der Waals surface area (Å²) in [6.45, 7) is 2.93. The van der Waals surface area contributed by atoms with Crippen molar-refractivity contribution in [1.29, 1.82) is 0 Å². The van der Waals surface area contributed by atoms with Gasteiger partial charge in [0, 0.05) is 12.0 Å². The van der Waals surface area contributed by atoms with Gasteiger partial charge in [-0.25, -0.2) is 4.79 Å². The number of anilines is 1. The van der Waals surface area contributed by atoms with Crippen LogP contribution in [0.4, 0.5) is 10.5 Å². The fourth-order valence-electron chi connectivity index (χ4n) is 3.38. The number of hydrogen-bond donors (Lipinski definition) is 0. The first-order chi connectivity index (χ1) is 9.16. The van der Waals surface area contributed by atoms with Crippen molar-refractivity contribution < 1.29 is 9.53 Å². The number of nitrogens with zero attached hydrogens (tertiary/aromatic N) is 2. The molecule has 2 heterocycles. The number of amides is 1. The molecule has 0 aliphatic carbocycles. The first-order valence-electron chi connectivity index (χ1n) is 6.80. The number of hydrogen-bond acceptors (Lipinski definition) is 3. The molecule has 0 N–H and O–H groups in total. The molecule has 4 heteroatoms. The van der Waals surface area contributed by atoms with Gasteiger partial charge in [0.15, 0.2) is 0 Å². The van der Waals surface area contributed by atoms with E-state index in [0.717, 1.165) is 38.2 Å². The summed E-state index contributed by atoms with van der Waals surface area (Å²) in [7, 11) is 3.61. The lowest BCUT2D eigenvalue weighted by Crippen LogP contribution is -2.44. The van der Waals surface area contributed by atoms with Gasteiger partial charge >= 0.3 is 6.09 Å². The summed E-state index contributed by atoms with van der Waals surface area (Å²) in [5, 5.41) is 0. The lowest BCUT2D eigenvalue weighted by Gasteiger charge is -2.38. The predicted molar refractivity (Wildman–Crippen MR) is 74.6 cm³/mol. The molecule has 0 aromatic heterocycles. The summed E-state index contributed by atoms with van der Waals surface area (Å²) in [6.07, 6.45) is 1.96. The van der Waals surface area contributed by atoms with E-state index in [0.29, 0.717) is 0 Å². The van der Waals surface area contributed by atoms with Crippen LogP contribution in [-0.2, 0) is 10.2 Å². The second-order valence-corrected chi connectivity index (χ2v) is 5.66. The molecule has 1 amide bonds. The predicted octanol–water partition coefficient (Wildman–Crippen LogP) is 2.24. The Labute approximate surface area is 113 Å². The van der Waals surface area contributed by atoms with Gasteiger partial charge in [0.1, 0.15) is 0 Å². The van der Waals surface area contributed by atoms with Crippen molar-refractivity contribution in [3.05, 3.63) is 29.8 Å². The van der Waals surface area contributed by atoms with Gasteiger partial charge in [-0.1, -0.05) is 18.2 Å². The molecule has 1 saturated heterocycles. The molecule has 2 aliphatic heterocycles. The molecule has 2 aliphatic rings. The van der Waals surface area contributed by atoms with Crippen LogP contribution in [-0.4, -0.2) is 44.8 Å². The maximum Gasteiger partial charge on any atom is 0.414 e. The van der Waals surface area contributed by atoms with E-state index in [4.69, 9.17) is 4.74 Å². The SMILES string of the molecule is COC(=O)N1CC2(CCN(C)CC2)c2ccccc21. The number of benzene rings is 1. The zero-order valence-corrected chi connectivity index (χ0v) is 11.6. The second kappa shape index (κ2) is 4.53. The molecule has 3 rings (SSSR count). The maximum atomic E-state index is 12.0. The average Bonchev–Trinajstić information content (AvgIpc) is 2.77. The van der Waals surface area contributed by atoms with Crippen LogP contribution >= 0.6 is 0 Å². The summed E-state index contributed by atoms with van der Waals surface area (Å²) in [5.74, 6) is 0. The third-order valence-corrected chi connectivity index (χ3v) is 4.57. The van der Waals surface area contributed by atoms with Crippen LogP contribution < -0.4 is 4.90 Å². The number of piperidine rings is 1. The molecule has 102 valence electrons. The lowest BCUT2D eigenvalue weighted by atomic mass is 9.74. The summed E-state index contributed by atoms with van der Waals surface area (Å²) in [4.78, 5) is 16.1. The minimum absolute atomic E-state index is 0.122. The fourth-order valence-corrected chi connectivity index (χ4v) is 3.38. The van der Waals surface area contributed by atoms with Crippen LogP contribution in [0, 0.1) is 0 Å². The van der Waals surface area contributed by atoms with E-state index in [1.54, 1.807) is 4.90 Å². The minimum Gasteiger partial charge on any atom is -0.452 e. The summed E-state index contributed by atoms with van der Waals surface area (Å²) in [5.41, 5.74) is 2.46. The van der Waals surface area contributed by atoms with E-state index < -0.39 is 0 Å². The Hall–Kier alpha value is -1.55. The average molecular weight is 260 g/mol. The number of methoxy groups -OCH3 is 1. The third kappa shape index (κ3) is 1.91. The molecule has 1 fully saturated rings. The van der Waals surface area contributed by atoms with Gasteiger partial charge in [0.2, 0.25) is 0 Å². The molecular formula is C15H20N2O2. The van der Waals surface area contributed by atoms with Crippen molar-refractivity contribution >= 4 is 11.8 Å². The van der Waals surface area contributed by atoms with Crippen molar-refractivity contribution in [3.63, 3.8) is 0 Å². The molecule has 4 nitrogen and oxygen atoms in total. The largest absolute Gasteiger partial charge is 0.452 e. The van der Waals surface area contributed by atoms with E-state index >= 15 is 0 Å². The Morgan fingerprint density at radius 2 is 1.95 bits per heavy atom. The quantitative estimate of drug-likeness (QED) is 0.717. The molecule has 1 aromatic carbocycles. The monoisotopic (exact) mass is 260 g/mol. The maximum absolute atomic E-state index is 12.0. The summed E-state index contributed by atoms with van der Waals surface area (Å²) >= 11 is 0. The molecule has 19 heavy (non-hydrogen) atoms. The summed E-state index contributed by atoms with van der Waals surface area (Å²) < 4.78 is 4.92. The molecule has 0 bridgehead atoms. The van der Waals surface area contributed by atoms with E-state index in [-0.39, 0.29) is 11.5 Å². The van der Waals surface area contributed by atoms with Gasteiger partial charge in [-0.15, -0.1) is 0 Å². The molecular weight excluding hydrogens is 240 g/mol. The molecule has 0 saturated carbocycles. The Kier molecular flexibility index (Phi) is 2.97. The normalized spacial score (nSPS) is 21.5. The number of fused-ring (bicyclic) bond motifs is 2. The highest BCUT2D eigenvalue weighted by Crippen LogP contribution is 2.46. The van der Waals surface area contributed by atoms with Crippen LogP contribution in [0.1, 0.15) is 18.4 Å². The molecule has 0 unspecified atom stereocenters. The smallest absolute Gasteiger partial charge is 0.414 e. The van der Waals surface area contributed by atoms with Crippen LogP contribution in [0.25, 0.3) is 0 Å². The number of rotatable bonds is 0. The molecule has 0 radical (unpaired) electrons. The van der Waals surface area contributed by atoms with E-state index in [9.17, 15) is 4.79 Å². The Balaban J connectivity index is 1.99. The van der Waals surface area contributed by atoms with Crippen molar-refractivity contribution in [2.75, 3.05) is 38.7 Å². The number of ether oxygens (including phenoxy) is 1. The van der Waals surface area contributed by atoms with Crippen molar-refractivity contribution in [2.45, 2.75) is 18.3 Å². The van der Waals surface area contributed by atoms with E-state index in [1.807, 2.05) is 12.1 Å². The van der Waals surface area contributed by atoms with Crippen molar-refractivity contribution in [2.24, 2.45) is 0 Å². The zero-order valence-electron chi connectivity index (χ0n) is 11.6. The van der Waals surface area contributed by atoms with Crippen LogP contribution in [0.2, 0.25) is 0 Å². The number of carbonyl (C=O) groups is 1. The van der Waals surface area contributed by atoms with E-state index in [1.165, 1.54) is 12.7 Å². The highest BCUT2D eigenvalue weighted by Gasteiger charge is 2.46. The Bertz CT molecular complexity index is 493. The van der Waals surface area contributed by atoms with Gasteiger partial charge in [0.05, 0.1) is 12.8 Å². The van der Waals surface area contributed by atoms with Gasteiger partial charge in [-0.2, -0.15) is 0 Å². The van der Waals surface area contributed by atoms with Crippen LogP contribution in [0.15, 0.2) is 24.3 Å². The topological polar surface area (TPSA) is 32.8 Å². The minimum atomic E-state index is -0.247. The van der Waals surface area contributed by atoms with Gasteiger partial charge in [0.25, 0.3) is 0 Å². The van der Waals surface area contributed by atoms with Crippen LogP contribution in [0.3, 0.4) is 0 Å². The Morgan fingerprint density at radius 1 is 1.26 bits per heavy atom. The summed E-state index contributed by atoms with van der Waals surface area (Å²) in [6, 6.07) is 8.26. The number of carbonyl (C=O) groups excluding carboxylic acids is 1. The van der Waals surface area contributed by atoms with Gasteiger partial charge < -0.3 is 9.64 Å². The first kappa shape index (κ1) is 12.5. The Morgan fingerprint density at radius 3 is 2.63 bits per heavy atom. The van der Waals surface area contributed by atoms with Gasteiger partial charge in [-0.05, 0) is 44.6 Å². The standard InChI is InChI=1S/C15H20N2O2/c1-16-9-7-15(8-10-16)11-17(14(18)19-2)13-6-4-3-5-12(13)15/h3-6H,7-11H2,1-2H3. The lowest BCUT2D eigenvalue weighted by molar-refractivity contribution is 0.170. The van der Waals surface area contributed by atoms with Crippen LogP contribution in [0.5, 0.6) is 0 Å². The van der Waals surface area contributed by atoms with Crippen molar-refractivity contribution in [1.82, 2.24) is 4.90 Å². The fraction of sp³-hybridized carbons (Fsp3) is 0.533. The molecule has 0 atom stereocenters. The molecule has 1 aromatic rings. The van der Waals surface area contributed by atoms with Crippen molar-refractivity contribution in [3.8, 4) is 0 Å². The van der Waals surface area contributed by atoms with Gasteiger partial charge in [-0.3, -0.25) is 4.90 Å². The zero-order chi connectivity index (χ0) is 13.5. The highest BCUT2D eigenvalue weighted by molar-refractivity contribution is 5.91. The number of likely N-dealkylation sites (tertiary alicyclic amines) is 1. The molecule has 1 spiro atoms. The first-order valence-corrected chi connectivity index (χ1v) is 6.80.